The van der Waals surface area contributed by atoms with E-state index in [1.165, 1.54) is 18.4 Å². The standard InChI is InChI=1S/C27H28ClFN4O5S2/c1-36-20-6-4-5-17(25(20)38-3)26-18-11-15(28)7-9-19(18)31-27(33-32-22(34)13-29)21(40-26)12-23-30-14-16(39-23)8-10-24(35)37-2/h4-7,9,11,14,21,26H,8,10,12-13H2,1-3H3,(H,31,33)(H,32,34)/t21-,26-/m1/s1. The fraction of sp³-hybridized carbons (Fsp3) is 0.333. The minimum absolute atomic E-state index is 0.258. The number of para-hydroxylation sites is 1. The summed E-state index contributed by atoms with van der Waals surface area (Å²) in [5, 5.41) is 8.31. The first-order chi connectivity index (χ1) is 19.4. The third-order valence-corrected chi connectivity index (χ3v) is 8.88. The van der Waals surface area contributed by atoms with E-state index >= 15 is 0 Å². The maximum Gasteiger partial charge on any atom is 0.305 e. The van der Waals surface area contributed by atoms with Crippen LogP contribution in [0.15, 0.2) is 47.7 Å². The number of hydrogen-bond donors (Lipinski definition) is 2. The van der Waals surface area contributed by atoms with Crippen LogP contribution in [-0.2, 0) is 27.2 Å². The van der Waals surface area contributed by atoms with E-state index in [0.29, 0.717) is 35.2 Å². The van der Waals surface area contributed by atoms with E-state index in [1.807, 2.05) is 30.3 Å². The quantitative estimate of drug-likeness (QED) is 0.240. The van der Waals surface area contributed by atoms with Gasteiger partial charge in [-0.2, -0.15) is 5.10 Å². The smallest absolute Gasteiger partial charge is 0.305 e. The number of halogens is 2. The highest BCUT2D eigenvalue weighted by atomic mass is 35.5. The number of alkyl halides is 1. The number of anilines is 1. The van der Waals surface area contributed by atoms with E-state index in [1.54, 1.807) is 38.2 Å². The molecule has 212 valence electrons. The van der Waals surface area contributed by atoms with Crippen LogP contribution in [0.5, 0.6) is 11.5 Å². The van der Waals surface area contributed by atoms with Gasteiger partial charge in [0.15, 0.2) is 18.2 Å². The number of aryl methyl sites for hydroxylation is 1. The average Bonchev–Trinajstić information content (AvgIpc) is 3.37. The highest BCUT2D eigenvalue weighted by molar-refractivity contribution is 8.01. The molecule has 4 rings (SSSR count). The Bertz CT molecular complexity index is 1400. The Morgan fingerprint density at radius 2 is 2.00 bits per heavy atom. The molecule has 2 heterocycles. The molecular weight excluding hydrogens is 579 g/mol. The molecule has 0 spiro atoms. The third kappa shape index (κ3) is 7.04. The molecule has 3 aromatic rings. The number of nitrogens with zero attached hydrogens (tertiary/aromatic N) is 2. The van der Waals surface area contributed by atoms with Crippen LogP contribution in [-0.4, -0.2) is 56.0 Å². The number of thiazole rings is 1. The number of hydrazone groups is 1. The lowest BCUT2D eigenvalue weighted by Gasteiger charge is -2.23. The lowest BCUT2D eigenvalue weighted by Crippen LogP contribution is -2.31. The molecule has 2 atom stereocenters. The van der Waals surface area contributed by atoms with Crippen LogP contribution in [0.25, 0.3) is 0 Å². The van der Waals surface area contributed by atoms with Crippen LogP contribution >= 0.6 is 34.7 Å². The first-order valence-corrected chi connectivity index (χ1v) is 14.4. The lowest BCUT2D eigenvalue weighted by atomic mass is 10.0. The van der Waals surface area contributed by atoms with Crippen molar-refractivity contribution in [2.75, 3.05) is 33.3 Å². The molecule has 0 saturated carbocycles. The van der Waals surface area contributed by atoms with Crippen molar-refractivity contribution in [3.8, 4) is 11.5 Å². The number of esters is 1. The molecule has 0 aliphatic carbocycles. The number of methoxy groups -OCH3 is 3. The van der Waals surface area contributed by atoms with Gasteiger partial charge in [0.05, 0.1) is 43.3 Å². The van der Waals surface area contributed by atoms with E-state index in [4.69, 9.17) is 25.8 Å². The number of nitrogens with one attached hydrogen (secondary N) is 2. The van der Waals surface area contributed by atoms with Gasteiger partial charge in [0.2, 0.25) is 0 Å². The SMILES string of the molecule is COC(=O)CCc1cnc(C[C@H]2S[C@H](c3cccc(OC)c3OC)c3cc(Cl)ccc3N/C2=N\NC(=O)CF)s1. The molecule has 1 aliphatic rings. The predicted octanol–water partition coefficient (Wildman–Crippen LogP) is 5.18. The largest absolute Gasteiger partial charge is 0.493 e. The highest BCUT2D eigenvalue weighted by Crippen LogP contribution is 2.50. The van der Waals surface area contributed by atoms with Crippen molar-refractivity contribution in [1.82, 2.24) is 10.4 Å². The predicted molar refractivity (Wildman–Crippen MR) is 156 cm³/mol. The number of carbonyl (C=O) groups is 2. The van der Waals surface area contributed by atoms with E-state index < -0.39 is 12.6 Å². The Morgan fingerprint density at radius 3 is 2.73 bits per heavy atom. The monoisotopic (exact) mass is 606 g/mol. The van der Waals surface area contributed by atoms with Gasteiger partial charge >= 0.3 is 5.97 Å². The van der Waals surface area contributed by atoms with Crippen LogP contribution in [0.2, 0.25) is 5.02 Å². The van der Waals surface area contributed by atoms with E-state index in [0.717, 1.165) is 26.7 Å². The summed E-state index contributed by atoms with van der Waals surface area (Å²) in [6.07, 6.45) is 2.96. The van der Waals surface area contributed by atoms with Crippen molar-refractivity contribution in [2.45, 2.75) is 29.8 Å². The van der Waals surface area contributed by atoms with Crippen LogP contribution in [0.4, 0.5) is 10.1 Å². The van der Waals surface area contributed by atoms with Gasteiger partial charge in [0, 0.05) is 33.8 Å². The molecule has 2 aromatic carbocycles. The van der Waals surface area contributed by atoms with Crippen molar-refractivity contribution in [2.24, 2.45) is 5.10 Å². The molecular formula is C27H28ClFN4O5S2. The van der Waals surface area contributed by atoms with Gasteiger partial charge in [0.25, 0.3) is 5.91 Å². The number of amides is 1. The Labute approximate surface area is 244 Å². The zero-order chi connectivity index (χ0) is 28.6. The topological polar surface area (TPSA) is 111 Å². The first kappa shape index (κ1) is 29.6. The van der Waals surface area contributed by atoms with Crippen LogP contribution in [0.3, 0.4) is 0 Å². The number of amidine groups is 1. The minimum Gasteiger partial charge on any atom is -0.493 e. The number of carbonyl (C=O) groups excluding carboxylic acids is 2. The number of aromatic nitrogens is 1. The molecule has 2 N–H and O–H groups in total. The molecule has 0 radical (unpaired) electrons. The number of hydrogen-bond acceptors (Lipinski definition) is 9. The molecule has 9 nitrogen and oxygen atoms in total. The van der Waals surface area contributed by atoms with E-state index in [2.05, 4.69) is 20.8 Å². The van der Waals surface area contributed by atoms with Gasteiger partial charge in [-0.15, -0.1) is 23.1 Å². The van der Waals surface area contributed by atoms with Crippen molar-refractivity contribution in [3.05, 3.63) is 68.6 Å². The highest BCUT2D eigenvalue weighted by Gasteiger charge is 2.34. The molecule has 1 aromatic heterocycles. The number of thioether (sulfide) groups is 1. The van der Waals surface area contributed by atoms with Gasteiger partial charge in [-0.05, 0) is 36.2 Å². The first-order valence-electron chi connectivity index (χ1n) is 12.2. The van der Waals surface area contributed by atoms with E-state index in [9.17, 15) is 14.0 Å². The summed E-state index contributed by atoms with van der Waals surface area (Å²) in [5.74, 6) is 0.438. The second-order valence-corrected chi connectivity index (χ2v) is 11.6. The minimum atomic E-state index is -1.19. The fourth-order valence-corrected chi connectivity index (χ4v) is 6.94. The summed E-state index contributed by atoms with van der Waals surface area (Å²) >= 11 is 9.49. The maximum atomic E-state index is 13.0. The summed E-state index contributed by atoms with van der Waals surface area (Å²) in [5.41, 5.74) is 4.73. The summed E-state index contributed by atoms with van der Waals surface area (Å²) < 4.78 is 29.0. The Morgan fingerprint density at radius 1 is 1.18 bits per heavy atom. The Balaban J connectivity index is 1.76. The molecule has 1 aliphatic heterocycles. The maximum absolute atomic E-state index is 13.0. The third-order valence-electron chi connectivity index (χ3n) is 6.07. The molecule has 1 amide bonds. The Hall–Kier alpha value is -3.35. The van der Waals surface area contributed by atoms with Crippen molar-refractivity contribution >= 4 is 58.1 Å². The zero-order valence-electron chi connectivity index (χ0n) is 22.0. The molecule has 0 bridgehead atoms. The number of fused-ring (bicyclic) bond motifs is 1. The van der Waals surface area contributed by atoms with Crippen molar-refractivity contribution < 1.29 is 28.2 Å². The van der Waals surface area contributed by atoms with Gasteiger partial charge in [0.1, 0.15) is 5.84 Å². The van der Waals surface area contributed by atoms with Crippen LogP contribution in [0.1, 0.15) is 32.7 Å². The number of ether oxygens (including phenoxy) is 3. The summed E-state index contributed by atoms with van der Waals surface area (Å²) in [6.45, 7) is -1.19. The summed E-state index contributed by atoms with van der Waals surface area (Å²) in [6, 6.07) is 11.1. The number of rotatable bonds is 10. The Kier molecular flexibility index (Phi) is 10.2. The van der Waals surface area contributed by atoms with Gasteiger partial charge in [-0.25, -0.2) is 14.8 Å². The molecule has 13 heteroatoms. The van der Waals surface area contributed by atoms with Gasteiger partial charge in [-0.3, -0.25) is 9.59 Å². The summed E-state index contributed by atoms with van der Waals surface area (Å²) in [7, 11) is 4.52. The zero-order valence-corrected chi connectivity index (χ0v) is 24.4. The lowest BCUT2D eigenvalue weighted by molar-refractivity contribution is -0.140. The van der Waals surface area contributed by atoms with Crippen LogP contribution < -0.4 is 20.2 Å². The number of benzene rings is 2. The fourth-order valence-electron chi connectivity index (χ4n) is 4.19. The second kappa shape index (κ2) is 13.8. The molecule has 0 unspecified atom stereocenters. The summed E-state index contributed by atoms with van der Waals surface area (Å²) in [4.78, 5) is 28.9. The normalized spacial score (nSPS) is 17.4. The molecule has 0 saturated heterocycles. The molecule has 0 fully saturated rings. The second-order valence-electron chi connectivity index (χ2n) is 8.61. The average molecular weight is 607 g/mol. The van der Waals surface area contributed by atoms with Crippen LogP contribution in [0, 0.1) is 0 Å². The van der Waals surface area contributed by atoms with Crippen molar-refractivity contribution in [1.29, 1.82) is 0 Å². The van der Waals surface area contributed by atoms with Gasteiger partial charge < -0.3 is 19.5 Å². The van der Waals surface area contributed by atoms with E-state index in [-0.39, 0.29) is 22.9 Å². The molecule has 40 heavy (non-hydrogen) atoms. The van der Waals surface area contributed by atoms with Crippen molar-refractivity contribution in [3.63, 3.8) is 0 Å². The van der Waals surface area contributed by atoms with Gasteiger partial charge in [-0.1, -0.05) is 23.7 Å².